The lowest BCUT2D eigenvalue weighted by Gasteiger charge is -2.32. The SMILES string of the molecule is CN(C(=O)CC(=O)Nc1ccccc1)C(CN1CCCC1)c1ccccc1. The van der Waals surface area contributed by atoms with E-state index in [9.17, 15) is 9.59 Å². The number of hydrogen-bond donors (Lipinski definition) is 1. The van der Waals surface area contributed by atoms with E-state index >= 15 is 0 Å². The first kappa shape index (κ1) is 19.1. The summed E-state index contributed by atoms with van der Waals surface area (Å²) in [5.74, 6) is -0.456. The Morgan fingerprint density at radius 1 is 1.00 bits per heavy atom. The summed E-state index contributed by atoms with van der Waals surface area (Å²) in [5, 5.41) is 2.78. The quantitative estimate of drug-likeness (QED) is 0.766. The van der Waals surface area contributed by atoms with Crippen molar-refractivity contribution in [3.63, 3.8) is 0 Å². The summed E-state index contributed by atoms with van der Waals surface area (Å²) in [6.07, 6.45) is 2.26. The van der Waals surface area contributed by atoms with Crippen LogP contribution in [0.2, 0.25) is 0 Å². The summed E-state index contributed by atoms with van der Waals surface area (Å²) in [5.41, 5.74) is 1.80. The third-order valence-electron chi connectivity index (χ3n) is 5.04. The van der Waals surface area contributed by atoms with Crippen LogP contribution in [0.1, 0.15) is 30.9 Å². The number of hydrogen-bond acceptors (Lipinski definition) is 3. The van der Waals surface area contributed by atoms with Crippen LogP contribution in [0, 0.1) is 0 Å². The van der Waals surface area contributed by atoms with Crippen LogP contribution in [0.4, 0.5) is 5.69 Å². The maximum atomic E-state index is 12.8. The van der Waals surface area contributed by atoms with Gasteiger partial charge in [-0.2, -0.15) is 0 Å². The second-order valence-electron chi connectivity index (χ2n) is 7.03. The summed E-state index contributed by atoms with van der Waals surface area (Å²) in [7, 11) is 1.80. The van der Waals surface area contributed by atoms with E-state index in [4.69, 9.17) is 0 Å². The Hall–Kier alpha value is -2.66. The van der Waals surface area contributed by atoms with Crippen molar-refractivity contribution in [1.29, 1.82) is 0 Å². The Labute approximate surface area is 161 Å². The molecule has 2 amide bonds. The molecule has 5 heteroatoms. The number of nitrogens with zero attached hydrogens (tertiary/aromatic N) is 2. The van der Waals surface area contributed by atoms with Gasteiger partial charge in [0.15, 0.2) is 0 Å². The highest BCUT2D eigenvalue weighted by molar-refractivity contribution is 6.03. The molecule has 1 N–H and O–H groups in total. The molecule has 3 rings (SSSR count). The fourth-order valence-corrected chi connectivity index (χ4v) is 3.50. The lowest BCUT2D eigenvalue weighted by molar-refractivity contribution is -0.135. The van der Waals surface area contributed by atoms with E-state index in [0.717, 1.165) is 25.2 Å². The topological polar surface area (TPSA) is 52.7 Å². The van der Waals surface area contributed by atoms with Gasteiger partial charge < -0.3 is 15.1 Å². The van der Waals surface area contributed by atoms with Crippen LogP contribution in [0.5, 0.6) is 0 Å². The molecule has 0 spiro atoms. The Bertz CT molecular complexity index is 743. The molecule has 1 heterocycles. The minimum absolute atomic E-state index is 0.0543. The standard InChI is InChI=1S/C22H27N3O2/c1-24(22(27)16-21(26)23-19-12-6-3-7-13-19)20(17-25-14-8-9-15-25)18-10-4-2-5-11-18/h2-7,10-13,20H,8-9,14-17H2,1H3,(H,23,26). The molecular formula is C22H27N3O2. The number of para-hydroxylation sites is 1. The van der Waals surface area contributed by atoms with E-state index < -0.39 is 0 Å². The van der Waals surface area contributed by atoms with Crippen LogP contribution in [-0.2, 0) is 9.59 Å². The van der Waals surface area contributed by atoms with Gasteiger partial charge in [-0.1, -0.05) is 48.5 Å². The van der Waals surface area contributed by atoms with Crippen molar-refractivity contribution in [2.24, 2.45) is 0 Å². The molecule has 0 radical (unpaired) electrons. The number of benzene rings is 2. The maximum Gasteiger partial charge on any atom is 0.233 e. The summed E-state index contributed by atoms with van der Waals surface area (Å²) < 4.78 is 0. The second-order valence-corrected chi connectivity index (χ2v) is 7.03. The summed E-state index contributed by atoms with van der Waals surface area (Å²) in [4.78, 5) is 29.2. The fraction of sp³-hybridized carbons (Fsp3) is 0.364. The third-order valence-corrected chi connectivity index (χ3v) is 5.04. The molecule has 1 aliphatic rings. The molecule has 1 saturated heterocycles. The Morgan fingerprint density at radius 2 is 1.59 bits per heavy atom. The number of amides is 2. The van der Waals surface area contributed by atoms with Crippen molar-refractivity contribution < 1.29 is 9.59 Å². The van der Waals surface area contributed by atoms with Crippen molar-refractivity contribution in [2.75, 3.05) is 32.0 Å². The third kappa shape index (κ3) is 5.41. The van der Waals surface area contributed by atoms with E-state index in [2.05, 4.69) is 22.3 Å². The molecule has 0 aliphatic carbocycles. The number of nitrogens with one attached hydrogen (secondary N) is 1. The number of anilines is 1. The lowest BCUT2D eigenvalue weighted by Crippen LogP contribution is -2.39. The second kappa shape index (κ2) is 9.33. The Kier molecular flexibility index (Phi) is 6.60. The van der Waals surface area contributed by atoms with E-state index in [1.807, 2.05) is 48.5 Å². The zero-order valence-electron chi connectivity index (χ0n) is 15.8. The van der Waals surface area contributed by atoms with Crippen molar-refractivity contribution in [3.8, 4) is 0 Å². The predicted molar refractivity (Wildman–Crippen MR) is 107 cm³/mol. The zero-order valence-corrected chi connectivity index (χ0v) is 15.8. The molecule has 2 aromatic rings. The van der Waals surface area contributed by atoms with Gasteiger partial charge in [-0.15, -0.1) is 0 Å². The molecule has 1 fully saturated rings. The van der Waals surface area contributed by atoms with Gasteiger partial charge in [-0.05, 0) is 43.6 Å². The number of likely N-dealkylation sites (N-methyl/N-ethyl adjacent to an activating group) is 1. The monoisotopic (exact) mass is 365 g/mol. The Balaban J connectivity index is 1.65. The molecule has 1 atom stereocenters. The minimum atomic E-state index is -0.286. The van der Waals surface area contributed by atoms with Gasteiger partial charge in [0.05, 0.1) is 6.04 Å². The van der Waals surface area contributed by atoms with Crippen molar-refractivity contribution in [3.05, 3.63) is 66.2 Å². The van der Waals surface area contributed by atoms with Gasteiger partial charge in [-0.25, -0.2) is 0 Å². The molecule has 0 aromatic heterocycles. The van der Waals surface area contributed by atoms with Crippen LogP contribution in [0.3, 0.4) is 0 Å². The summed E-state index contributed by atoms with van der Waals surface area (Å²) in [6.45, 7) is 2.94. The summed E-state index contributed by atoms with van der Waals surface area (Å²) in [6, 6.07) is 19.2. The molecule has 1 aliphatic heterocycles. The van der Waals surface area contributed by atoms with Crippen molar-refractivity contribution >= 4 is 17.5 Å². The summed E-state index contributed by atoms with van der Waals surface area (Å²) >= 11 is 0. The molecule has 2 aromatic carbocycles. The fourth-order valence-electron chi connectivity index (χ4n) is 3.50. The average Bonchev–Trinajstić information content (AvgIpc) is 3.20. The van der Waals surface area contributed by atoms with E-state index in [-0.39, 0.29) is 24.3 Å². The molecule has 5 nitrogen and oxygen atoms in total. The van der Waals surface area contributed by atoms with Crippen LogP contribution in [0.15, 0.2) is 60.7 Å². The van der Waals surface area contributed by atoms with E-state index in [0.29, 0.717) is 5.69 Å². The molecular weight excluding hydrogens is 338 g/mol. The number of rotatable bonds is 7. The van der Waals surface area contributed by atoms with Crippen molar-refractivity contribution in [1.82, 2.24) is 9.80 Å². The highest BCUT2D eigenvalue weighted by Gasteiger charge is 2.26. The largest absolute Gasteiger partial charge is 0.337 e. The zero-order chi connectivity index (χ0) is 19.1. The van der Waals surface area contributed by atoms with Gasteiger partial charge in [0.1, 0.15) is 6.42 Å². The van der Waals surface area contributed by atoms with E-state index in [1.54, 1.807) is 11.9 Å². The average molecular weight is 365 g/mol. The number of carbonyl (C=O) groups excluding carboxylic acids is 2. The molecule has 27 heavy (non-hydrogen) atoms. The van der Waals surface area contributed by atoms with Crippen LogP contribution < -0.4 is 5.32 Å². The molecule has 0 saturated carbocycles. The highest BCUT2D eigenvalue weighted by Crippen LogP contribution is 2.23. The number of likely N-dealkylation sites (tertiary alicyclic amines) is 1. The van der Waals surface area contributed by atoms with Gasteiger partial charge in [0.2, 0.25) is 11.8 Å². The van der Waals surface area contributed by atoms with Gasteiger partial charge >= 0.3 is 0 Å². The molecule has 142 valence electrons. The first-order chi connectivity index (χ1) is 13.1. The predicted octanol–water partition coefficient (Wildman–Crippen LogP) is 3.31. The first-order valence-electron chi connectivity index (χ1n) is 9.51. The Morgan fingerprint density at radius 3 is 2.22 bits per heavy atom. The first-order valence-corrected chi connectivity index (χ1v) is 9.51. The van der Waals surface area contributed by atoms with Crippen LogP contribution in [-0.4, -0.2) is 48.3 Å². The normalized spacial score (nSPS) is 15.3. The number of carbonyl (C=O) groups is 2. The molecule has 0 bridgehead atoms. The van der Waals surface area contributed by atoms with Crippen LogP contribution >= 0.6 is 0 Å². The van der Waals surface area contributed by atoms with Gasteiger partial charge in [-0.3, -0.25) is 9.59 Å². The smallest absolute Gasteiger partial charge is 0.233 e. The minimum Gasteiger partial charge on any atom is -0.337 e. The van der Waals surface area contributed by atoms with Crippen LogP contribution in [0.25, 0.3) is 0 Å². The maximum absolute atomic E-state index is 12.8. The molecule has 1 unspecified atom stereocenters. The van der Waals surface area contributed by atoms with E-state index in [1.165, 1.54) is 12.8 Å². The van der Waals surface area contributed by atoms with Gasteiger partial charge in [0.25, 0.3) is 0 Å². The lowest BCUT2D eigenvalue weighted by atomic mass is 10.0. The van der Waals surface area contributed by atoms with Crippen molar-refractivity contribution in [2.45, 2.75) is 25.3 Å². The van der Waals surface area contributed by atoms with Gasteiger partial charge in [0, 0.05) is 19.3 Å². The highest BCUT2D eigenvalue weighted by atomic mass is 16.2.